The van der Waals surface area contributed by atoms with Gasteiger partial charge in [0.15, 0.2) is 0 Å². The fraction of sp³-hybridized carbons (Fsp3) is 0.440. The number of ether oxygens (including phenoxy) is 2. The molecule has 164 valence electrons. The molecule has 5 nitrogen and oxygen atoms in total. The maximum atomic E-state index is 13.9. The van der Waals surface area contributed by atoms with Gasteiger partial charge >= 0.3 is 13.3 Å². The van der Waals surface area contributed by atoms with Crippen molar-refractivity contribution in [2.24, 2.45) is 0 Å². The van der Waals surface area contributed by atoms with E-state index in [1.165, 1.54) is 14.2 Å². The van der Waals surface area contributed by atoms with Gasteiger partial charge in [-0.2, -0.15) is 0 Å². The van der Waals surface area contributed by atoms with Gasteiger partial charge in [-0.25, -0.2) is 4.79 Å². The first kappa shape index (κ1) is 23.1. The van der Waals surface area contributed by atoms with E-state index in [1.54, 1.807) is 12.1 Å². The van der Waals surface area contributed by atoms with Crippen LogP contribution in [-0.2, 0) is 4.57 Å². The molecule has 0 heterocycles. The van der Waals surface area contributed by atoms with Crippen molar-refractivity contribution in [3.63, 3.8) is 0 Å². The lowest BCUT2D eigenvalue weighted by Crippen LogP contribution is -2.34. The van der Waals surface area contributed by atoms with Crippen LogP contribution in [0.3, 0.4) is 0 Å². The Morgan fingerprint density at radius 3 is 1.71 bits per heavy atom. The molecule has 0 aliphatic heterocycles. The van der Waals surface area contributed by atoms with Gasteiger partial charge in [-0.05, 0) is 69.4 Å². The standard InChI is InChI=1S/C25H30O5P/c1-15-11-17(3)21(18(4)12-15)24(27)31(28)25(9-7-8-10-25)23(26)22-19(29-5)13-16(2)14-20(22)30-6/h11-14H,7-10H2,1-6H3/q+1. The van der Waals surface area contributed by atoms with Crippen molar-refractivity contribution in [2.75, 3.05) is 14.2 Å². The molecule has 1 unspecified atom stereocenters. The Morgan fingerprint density at radius 2 is 1.26 bits per heavy atom. The summed E-state index contributed by atoms with van der Waals surface area (Å²) in [6.07, 6.45) is 2.33. The van der Waals surface area contributed by atoms with Gasteiger partial charge < -0.3 is 9.47 Å². The average Bonchev–Trinajstić information content (AvgIpc) is 3.22. The van der Waals surface area contributed by atoms with Gasteiger partial charge in [-0.1, -0.05) is 22.3 Å². The van der Waals surface area contributed by atoms with Gasteiger partial charge in [0.1, 0.15) is 17.1 Å². The molecule has 1 atom stereocenters. The molecule has 0 spiro atoms. The van der Waals surface area contributed by atoms with Crippen LogP contribution < -0.4 is 9.47 Å². The van der Waals surface area contributed by atoms with E-state index in [0.717, 1.165) is 35.1 Å². The summed E-state index contributed by atoms with van der Waals surface area (Å²) < 4.78 is 24.8. The van der Waals surface area contributed by atoms with Crippen molar-refractivity contribution in [2.45, 2.75) is 58.5 Å². The molecular weight excluding hydrogens is 411 g/mol. The second-order valence-electron chi connectivity index (χ2n) is 8.49. The third kappa shape index (κ3) is 4.04. The van der Waals surface area contributed by atoms with Crippen LogP contribution in [0.4, 0.5) is 0 Å². The molecule has 1 saturated carbocycles. The smallest absolute Gasteiger partial charge is 0.434 e. The summed E-state index contributed by atoms with van der Waals surface area (Å²) in [4.78, 5) is 27.4. The molecule has 2 aromatic carbocycles. The fourth-order valence-electron chi connectivity index (χ4n) is 4.79. The highest BCUT2D eigenvalue weighted by Gasteiger charge is 2.62. The molecule has 0 amide bonds. The summed E-state index contributed by atoms with van der Waals surface area (Å²) in [6, 6.07) is 7.36. The second-order valence-corrected chi connectivity index (χ2v) is 10.3. The summed E-state index contributed by atoms with van der Waals surface area (Å²) >= 11 is 0. The molecule has 2 aromatic rings. The summed E-state index contributed by atoms with van der Waals surface area (Å²) in [5.41, 5.74) is 3.80. The molecule has 3 rings (SSSR count). The van der Waals surface area contributed by atoms with Crippen LogP contribution in [0.5, 0.6) is 11.5 Å². The molecule has 6 heteroatoms. The quantitative estimate of drug-likeness (QED) is 0.383. The van der Waals surface area contributed by atoms with E-state index in [1.807, 2.05) is 39.8 Å². The van der Waals surface area contributed by atoms with Gasteiger partial charge in [-0.3, -0.25) is 4.79 Å². The molecule has 31 heavy (non-hydrogen) atoms. The van der Waals surface area contributed by atoms with E-state index >= 15 is 0 Å². The second kappa shape index (κ2) is 8.92. The number of carbonyl (C=O) groups excluding carboxylic acids is 2. The Labute approximate surface area is 184 Å². The Balaban J connectivity index is 2.13. The zero-order valence-electron chi connectivity index (χ0n) is 19.1. The Hall–Kier alpha value is -2.52. The molecular formula is C25H30O5P+. The first-order valence-electron chi connectivity index (χ1n) is 10.5. The maximum absolute atomic E-state index is 13.9. The van der Waals surface area contributed by atoms with Gasteiger partial charge in [-0.15, -0.1) is 0 Å². The summed E-state index contributed by atoms with van der Waals surface area (Å²) in [5.74, 6) is 0.439. The lowest BCUT2D eigenvalue weighted by Gasteiger charge is -2.20. The minimum absolute atomic E-state index is 0.269. The first-order valence-corrected chi connectivity index (χ1v) is 11.8. The van der Waals surface area contributed by atoms with E-state index in [2.05, 4.69) is 0 Å². The van der Waals surface area contributed by atoms with E-state index in [4.69, 9.17) is 9.47 Å². The number of carbonyl (C=O) groups is 2. The Bertz CT molecular complexity index is 1020. The summed E-state index contributed by atoms with van der Waals surface area (Å²) in [5, 5.41) is -1.24. The minimum atomic E-state index is -2.50. The fourth-order valence-corrected chi connectivity index (χ4v) is 6.76. The first-order chi connectivity index (χ1) is 14.7. The molecule has 1 aliphatic rings. The molecule has 0 saturated heterocycles. The lowest BCUT2D eigenvalue weighted by atomic mass is 9.93. The van der Waals surface area contributed by atoms with Crippen LogP contribution in [0, 0.1) is 27.7 Å². The highest BCUT2D eigenvalue weighted by atomic mass is 31.1. The highest BCUT2D eigenvalue weighted by Crippen LogP contribution is 2.55. The van der Waals surface area contributed by atoms with Gasteiger partial charge in [0, 0.05) is 12.8 Å². The van der Waals surface area contributed by atoms with Gasteiger partial charge in [0.05, 0.1) is 19.8 Å². The molecule has 1 aliphatic carbocycles. The summed E-state index contributed by atoms with van der Waals surface area (Å²) in [7, 11) is 0.493. The Morgan fingerprint density at radius 1 is 0.806 bits per heavy atom. The van der Waals surface area contributed by atoms with Crippen LogP contribution in [0.2, 0.25) is 0 Å². The number of aryl methyl sites for hydroxylation is 4. The van der Waals surface area contributed by atoms with E-state index < -0.39 is 18.5 Å². The van der Waals surface area contributed by atoms with E-state index in [0.29, 0.717) is 29.9 Å². The zero-order valence-corrected chi connectivity index (χ0v) is 20.0. The number of hydrogen-bond donors (Lipinski definition) is 0. The van der Waals surface area contributed by atoms with Crippen molar-refractivity contribution in [1.29, 1.82) is 0 Å². The predicted molar refractivity (Wildman–Crippen MR) is 122 cm³/mol. The predicted octanol–water partition coefficient (Wildman–Crippen LogP) is 6.10. The van der Waals surface area contributed by atoms with Crippen molar-refractivity contribution in [1.82, 2.24) is 0 Å². The average molecular weight is 441 g/mol. The Kier molecular flexibility index (Phi) is 6.66. The van der Waals surface area contributed by atoms with Crippen molar-refractivity contribution in [3.05, 3.63) is 57.6 Å². The van der Waals surface area contributed by atoms with Crippen molar-refractivity contribution in [3.8, 4) is 11.5 Å². The lowest BCUT2D eigenvalue weighted by molar-refractivity contribution is 0.0925. The molecule has 1 fully saturated rings. The van der Waals surface area contributed by atoms with Crippen LogP contribution in [0.15, 0.2) is 24.3 Å². The SMILES string of the molecule is COc1cc(C)cc(OC)c1C(=O)C1([P+](=O)C(=O)c2c(C)cc(C)cc2C)CCCC1. The van der Waals surface area contributed by atoms with Crippen LogP contribution >= 0.6 is 7.80 Å². The largest absolute Gasteiger partial charge is 0.496 e. The highest BCUT2D eigenvalue weighted by molar-refractivity contribution is 7.67. The summed E-state index contributed by atoms with van der Waals surface area (Å²) in [6.45, 7) is 7.56. The topological polar surface area (TPSA) is 69.7 Å². The van der Waals surface area contributed by atoms with Crippen molar-refractivity contribution < 1.29 is 23.6 Å². The van der Waals surface area contributed by atoms with Crippen molar-refractivity contribution >= 4 is 19.1 Å². The van der Waals surface area contributed by atoms with Crippen LogP contribution in [0.25, 0.3) is 0 Å². The van der Waals surface area contributed by atoms with Gasteiger partial charge in [0.25, 0.3) is 0 Å². The van der Waals surface area contributed by atoms with E-state index in [-0.39, 0.29) is 11.3 Å². The monoisotopic (exact) mass is 441 g/mol. The maximum Gasteiger partial charge on any atom is 0.434 e. The number of ketones is 1. The number of methoxy groups -OCH3 is 2. The van der Waals surface area contributed by atoms with Gasteiger partial charge in [0.2, 0.25) is 10.9 Å². The minimum Gasteiger partial charge on any atom is -0.496 e. The molecule has 0 radical (unpaired) electrons. The van der Waals surface area contributed by atoms with Crippen LogP contribution in [-0.4, -0.2) is 30.7 Å². The number of benzene rings is 2. The molecule has 0 bridgehead atoms. The third-order valence-corrected chi connectivity index (χ3v) is 8.22. The van der Waals surface area contributed by atoms with E-state index in [9.17, 15) is 14.2 Å². The third-order valence-electron chi connectivity index (χ3n) is 6.19. The van der Waals surface area contributed by atoms with Crippen LogP contribution in [0.1, 0.15) is 68.7 Å². The number of hydrogen-bond acceptors (Lipinski definition) is 5. The normalized spacial score (nSPS) is 15.5. The molecule has 0 N–H and O–H groups in total. The zero-order chi connectivity index (χ0) is 22.9. The number of Topliss-reactive ketones (excluding diaryl/α,β-unsaturated/α-hetero) is 1. The number of rotatable bonds is 7. The molecule has 0 aromatic heterocycles.